The largest absolute Gasteiger partial charge is 0.481 e. The molecule has 1 N–H and O–H groups in total. The lowest BCUT2D eigenvalue weighted by molar-refractivity contribution is -0.142. The van der Waals surface area contributed by atoms with E-state index >= 15 is 0 Å². The van der Waals surface area contributed by atoms with Crippen molar-refractivity contribution in [3.05, 3.63) is 30.4 Å². The number of carbonyl (C=O) groups excluding carboxylic acids is 1. The first kappa shape index (κ1) is 12.6. The first-order chi connectivity index (χ1) is 9.58. The number of aliphatic carboxylic acids is 1. The van der Waals surface area contributed by atoms with Gasteiger partial charge in [-0.05, 0) is 5.92 Å². The minimum absolute atomic E-state index is 0.0450. The topological polar surface area (TPSA) is 87.8 Å². The van der Waals surface area contributed by atoms with Gasteiger partial charge >= 0.3 is 5.97 Å². The van der Waals surface area contributed by atoms with Gasteiger partial charge in [0.2, 0.25) is 0 Å². The molecule has 0 aliphatic carbocycles. The fourth-order valence-electron chi connectivity index (χ4n) is 2.62. The number of rotatable bonds is 2. The molecular weight excluding hydrogens is 260 g/mol. The lowest BCUT2D eigenvalue weighted by Crippen LogP contribution is -2.29. The van der Waals surface area contributed by atoms with Crippen molar-refractivity contribution < 1.29 is 14.7 Å². The molecule has 2 aromatic heterocycles. The fourth-order valence-corrected chi connectivity index (χ4v) is 2.62. The van der Waals surface area contributed by atoms with Gasteiger partial charge < -0.3 is 10.0 Å². The summed E-state index contributed by atoms with van der Waals surface area (Å²) in [7, 11) is 0. The molecule has 0 unspecified atom stereocenters. The lowest BCUT2D eigenvalue weighted by atomic mass is 9.99. The van der Waals surface area contributed by atoms with E-state index in [1.165, 1.54) is 6.20 Å². The Morgan fingerprint density at radius 1 is 1.35 bits per heavy atom. The highest BCUT2D eigenvalue weighted by Crippen LogP contribution is 2.25. The van der Waals surface area contributed by atoms with Gasteiger partial charge in [0.15, 0.2) is 0 Å². The molecule has 0 radical (unpaired) electrons. The molecule has 1 amide bonds. The predicted molar refractivity (Wildman–Crippen MR) is 69.2 cm³/mol. The Morgan fingerprint density at radius 2 is 2.15 bits per heavy atom. The van der Waals surface area contributed by atoms with Crippen LogP contribution >= 0.6 is 0 Å². The number of hydrogen-bond acceptors (Lipinski definition) is 4. The molecule has 0 saturated carbocycles. The first-order valence-electron chi connectivity index (χ1n) is 6.37. The second kappa shape index (κ2) is 4.59. The fraction of sp³-hybridized carbons (Fsp3) is 0.385. The van der Waals surface area contributed by atoms with E-state index in [0.717, 1.165) is 0 Å². The van der Waals surface area contributed by atoms with E-state index in [0.29, 0.717) is 17.6 Å². The molecule has 7 nitrogen and oxygen atoms in total. The minimum Gasteiger partial charge on any atom is -0.481 e. The third kappa shape index (κ3) is 1.91. The Morgan fingerprint density at radius 3 is 2.85 bits per heavy atom. The Hall–Kier alpha value is -2.44. The van der Waals surface area contributed by atoms with Gasteiger partial charge in [-0.1, -0.05) is 6.92 Å². The molecule has 0 aromatic carbocycles. The van der Waals surface area contributed by atoms with Crippen molar-refractivity contribution in [2.75, 3.05) is 13.1 Å². The van der Waals surface area contributed by atoms with Gasteiger partial charge in [-0.3, -0.25) is 14.6 Å². The van der Waals surface area contributed by atoms with Crippen LogP contribution in [-0.2, 0) is 4.79 Å². The van der Waals surface area contributed by atoms with Gasteiger partial charge in [0.05, 0.1) is 29.4 Å². The monoisotopic (exact) mass is 274 g/mol. The Labute approximate surface area is 114 Å². The van der Waals surface area contributed by atoms with Crippen molar-refractivity contribution in [1.29, 1.82) is 0 Å². The predicted octanol–water partition coefficient (Wildman–Crippen LogP) is 0.522. The Kier molecular flexibility index (Phi) is 2.89. The number of aromatic nitrogens is 3. The molecule has 7 heteroatoms. The summed E-state index contributed by atoms with van der Waals surface area (Å²) in [5.74, 6) is -1.59. The summed E-state index contributed by atoms with van der Waals surface area (Å²) in [6.07, 6.45) is 6.33. The first-order valence-corrected chi connectivity index (χ1v) is 6.37. The zero-order chi connectivity index (χ0) is 14.3. The highest BCUT2D eigenvalue weighted by Gasteiger charge is 2.37. The van der Waals surface area contributed by atoms with E-state index in [1.807, 2.05) is 6.92 Å². The molecule has 3 rings (SSSR count). The summed E-state index contributed by atoms with van der Waals surface area (Å²) >= 11 is 0. The van der Waals surface area contributed by atoms with Crippen LogP contribution in [-0.4, -0.2) is 49.6 Å². The third-order valence-electron chi connectivity index (χ3n) is 3.77. The minimum atomic E-state index is -0.852. The van der Waals surface area contributed by atoms with Crippen molar-refractivity contribution in [2.24, 2.45) is 11.8 Å². The van der Waals surface area contributed by atoms with E-state index in [2.05, 4.69) is 10.1 Å². The molecule has 0 spiro atoms. The van der Waals surface area contributed by atoms with Crippen molar-refractivity contribution in [3.8, 4) is 0 Å². The van der Waals surface area contributed by atoms with Crippen LogP contribution < -0.4 is 0 Å². The molecule has 0 bridgehead atoms. The quantitative estimate of drug-likeness (QED) is 0.862. The summed E-state index contributed by atoms with van der Waals surface area (Å²) in [4.78, 5) is 29.2. The van der Waals surface area contributed by atoms with E-state index in [4.69, 9.17) is 5.11 Å². The average molecular weight is 274 g/mol. The summed E-state index contributed by atoms with van der Waals surface area (Å²) in [5, 5.41) is 13.2. The second-order valence-corrected chi connectivity index (χ2v) is 5.10. The Balaban J connectivity index is 1.89. The van der Waals surface area contributed by atoms with Crippen LogP contribution in [0.4, 0.5) is 0 Å². The van der Waals surface area contributed by atoms with Crippen molar-refractivity contribution in [1.82, 2.24) is 19.5 Å². The molecule has 3 heterocycles. The van der Waals surface area contributed by atoms with Crippen LogP contribution in [0.25, 0.3) is 5.52 Å². The number of carboxylic acid groups (broad SMARTS) is 1. The summed E-state index contributed by atoms with van der Waals surface area (Å²) in [6, 6.07) is 0. The van der Waals surface area contributed by atoms with Gasteiger partial charge in [-0.25, -0.2) is 4.52 Å². The van der Waals surface area contributed by atoms with Crippen LogP contribution in [0.1, 0.15) is 17.3 Å². The van der Waals surface area contributed by atoms with Crippen molar-refractivity contribution in [3.63, 3.8) is 0 Å². The van der Waals surface area contributed by atoms with Crippen LogP contribution in [0.3, 0.4) is 0 Å². The number of likely N-dealkylation sites (tertiary alicyclic amines) is 1. The Bertz CT molecular complexity index is 681. The van der Waals surface area contributed by atoms with Gasteiger partial charge in [-0.15, -0.1) is 0 Å². The summed E-state index contributed by atoms with van der Waals surface area (Å²) in [5.41, 5.74) is 1.08. The van der Waals surface area contributed by atoms with Gasteiger partial charge in [-0.2, -0.15) is 5.10 Å². The van der Waals surface area contributed by atoms with Crippen LogP contribution in [0, 0.1) is 11.8 Å². The normalized spacial score (nSPS) is 22.4. The number of amides is 1. The van der Waals surface area contributed by atoms with E-state index in [-0.39, 0.29) is 18.4 Å². The van der Waals surface area contributed by atoms with E-state index < -0.39 is 11.9 Å². The highest BCUT2D eigenvalue weighted by atomic mass is 16.4. The average Bonchev–Trinajstić information content (AvgIpc) is 3.01. The third-order valence-corrected chi connectivity index (χ3v) is 3.77. The van der Waals surface area contributed by atoms with Crippen LogP contribution in [0.2, 0.25) is 0 Å². The van der Waals surface area contributed by atoms with Gasteiger partial charge in [0.25, 0.3) is 5.91 Å². The van der Waals surface area contributed by atoms with Gasteiger partial charge in [0, 0.05) is 25.5 Å². The molecule has 1 aliphatic heterocycles. The maximum atomic E-state index is 12.5. The number of carbonyl (C=O) groups is 2. The van der Waals surface area contributed by atoms with Crippen LogP contribution in [0.15, 0.2) is 24.8 Å². The zero-order valence-corrected chi connectivity index (χ0v) is 10.9. The number of fused-ring (bicyclic) bond motifs is 1. The molecule has 1 saturated heterocycles. The number of carboxylic acids is 1. The zero-order valence-electron chi connectivity index (χ0n) is 10.9. The molecule has 2 aromatic rings. The van der Waals surface area contributed by atoms with Gasteiger partial charge in [0.1, 0.15) is 0 Å². The molecule has 2 atom stereocenters. The molecular formula is C13H14N4O3. The number of hydrogen-bond donors (Lipinski definition) is 1. The molecule has 1 aliphatic rings. The van der Waals surface area contributed by atoms with E-state index in [1.54, 1.807) is 28.0 Å². The lowest BCUT2D eigenvalue weighted by Gasteiger charge is -2.14. The summed E-state index contributed by atoms with van der Waals surface area (Å²) < 4.78 is 1.58. The molecule has 20 heavy (non-hydrogen) atoms. The highest BCUT2D eigenvalue weighted by molar-refractivity contribution is 6.00. The summed E-state index contributed by atoms with van der Waals surface area (Å²) in [6.45, 7) is 2.55. The van der Waals surface area contributed by atoms with Crippen molar-refractivity contribution in [2.45, 2.75) is 6.92 Å². The van der Waals surface area contributed by atoms with Crippen molar-refractivity contribution >= 4 is 17.4 Å². The van der Waals surface area contributed by atoms with E-state index in [9.17, 15) is 9.59 Å². The SMILES string of the molecule is C[C@@H]1CN(C(=O)c2cnn3ccncc23)C[C@H]1C(=O)O. The number of nitrogens with zero attached hydrogens (tertiary/aromatic N) is 4. The maximum absolute atomic E-state index is 12.5. The molecule has 1 fully saturated rings. The maximum Gasteiger partial charge on any atom is 0.308 e. The smallest absolute Gasteiger partial charge is 0.308 e. The second-order valence-electron chi connectivity index (χ2n) is 5.10. The standard InChI is InChI=1S/C13H14N4O3/c1-8-6-16(7-10(8)13(19)20)12(18)9-4-15-17-3-2-14-5-11(9)17/h2-5,8,10H,6-7H2,1H3,(H,19,20)/t8-,10-/m1/s1. The van der Waals surface area contributed by atoms with Crippen LogP contribution in [0.5, 0.6) is 0 Å². The molecule has 104 valence electrons.